The summed E-state index contributed by atoms with van der Waals surface area (Å²) in [5.74, 6) is 0. The zero-order valence-corrected chi connectivity index (χ0v) is 6.34. The van der Waals surface area contributed by atoms with Gasteiger partial charge in [0.15, 0.2) is 0 Å². The van der Waals surface area contributed by atoms with Crippen LogP contribution >= 0.6 is 0 Å². The van der Waals surface area contributed by atoms with Crippen LogP contribution in [0.5, 0.6) is 0 Å². The second-order valence-corrected chi connectivity index (χ2v) is 2.75. The molecule has 0 aromatic rings. The van der Waals surface area contributed by atoms with Crippen molar-refractivity contribution in [2.45, 2.75) is 19.4 Å². The molecule has 1 amide bonds. The summed E-state index contributed by atoms with van der Waals surface area (Å²) in [6, 6.07) is 0.361. The van der Waals surface area contributed by atoms with E-state index in [4.69, 9.17) is 0 Å². The van der Waals surface area contributed by atoms with E-state index in [9.17, 15) is 4.79 Å². The van der Waals surface area contributed by atoms with Crippen molar-refractivity contribution in [2.75, 3.05) is 19.6 Å². The summed E-state index contributed by atoms with van der Waals surface area (Å²) >= 11 is 0. The third-order valence-electron chi connectivity index (χ3n) is 1.91. The van der Waals surface area contributed by atoms with Crippen molar-refractivity contribution in [3.63, 3.8) is 0 Å². The number of rotatable bonds is 1. The molecular formula is C7H14N2O. The van der Waals surface area contributed by atoms with E-state index in [1.54, 1.807) is 0 Å². The first kappa shape index (κ1) is 7.54. The predicted molar refractivity (Wildman–Crippen MR) is 39.7 cm³/mol. The van der Waals surface area contributed by atoms with Crippen molar-refractivity contribution in [3.8, 4) is 0 Å². The molecule has 1 aliphatic rings. The van der Waals surface area contributed by atoms with Crippen molar-refractivity contribution < 1.29 is 4.79 Å². The Labute approximate surface area is 61.4 Å². The summed E-state index contributed by atoms with van der Waals surface area (Å²) in [5.41, 5.74) is 0. The minimum absolute atomic E-state index is 0.361. The second kappa shape index (κ2) is 3.56. The summed E-state index contributed by atoms with van der Waals surface area (Å²) in [6.07, 6.45) is 2.01. The van der Waals surface area contributed by atoms with Gasteiger partial charge in [0.05, 0.1) is 0 Å². The van der Waals surface area contributed by atoms with E-state index in [2.05, 4.69) is 12.2 Å². The minimum atomic E-state index is 0.361. The van der Waals surface area contributed by atoms with Gasteiger partial charge in [-0.2, -0.15) is 0 Å². The van der Waals surface area contributed by atoms with Crippen LogP contribution < -0.4 is 5.32 Å². The predicted octanol–water partition coefficient (Wildman–Crippen LogP) is -0.173. The maximum atomic E-state index is 10.4. The molecule has 0 radical (unpaired) electrons. The minimum Gasteiger partial charge on any atom is -0.341 e. The Bertz CT molecular complexity index is 116. The van der Waals surface area contributed by atoms with Crippen LogP contribution in [-0.2, 0) is 4.79 Å². The van der Waals surface area contributed by atoms with Gasteiger partial charge in [-0.25, -0.2) is 0 Å². The Morgan fingerprint density at radius 3 is 3.20 bits per heavy atom. The number of carbonyl (C=O) groups is 1. The molecule has 1 saturated heterocycles. The maximum absolute atomic E-state index is 10.4. The summed E-state index contributed by atoms with van der Waals surface area (Å²) in [6.45, 7) is 4.93. The SMILES string of the molecule is CC1CNCCCN1C=O. The highest BCUT2D eigenvalue weighted by atomic mass is 16.1. The van der Waals surface area contributed by atoms with Crippen LogP contribution in [0.4, 0.5) is 0 Å². The molecule has 3 heteroatoms. The zero-order chi connectivity index (χ0) is 7.40. The third kappa shape index (κ3) is 1.70. The lowest BCUT2D eigenvalue weighted by atomic mass is 10.3. The summed E-state index contributed by atoms with van der Waals surface area (Å²) in [7, 11) is 0. The molecule has 0 saturated carbocycles. The molecule has 0 bridgehead atoms. The first-order chi connectivity index (χ1) is 4.84. The van der Waals surface area contributed by atoms with Crippen LogP contribution in [0.3, 0.4) is 0 Å². The Hall–Kier alpha value is -0.570. The van der Waals surface area contributed by atoms with Gasteiger partial charge in [-0.15, -0.1) is 0 Å². The monoisotopic (exact) mass is 142 g/mol. The lowest BCUT2D eigenvalue weighted by molar-refractivity contribution is -0.119. The molecule has 1 unspecified atom stereocenters. The van der Waals surface area contributed by atoms with Crippen molar-refractivity contribution >= 4 is 6.41 Å². The third-order valence-corrected chi connectivity index (χ3v) is 1.91. The molecule has 1 N–H and O–H groups in total. The van der Waals surface area contributed by atoms with E-state index >= 15 is 0 Å². The van der Waals surface area contributed by atoms with Gasteiger partial charge in [0, 0.05) is 19.1 Å². The molecule has 58 valence electrons. The Morgan fingerprint density at radius 2 is 2.50 bits per heavy atom. The number of amides is 1. The first-order valence-corrected chi connectivity index (χ1v) is 3.76. The number of hydrogen-bond acceptors (Lipinski definition) is 2. The molecule has 0 aromatic heterocycles. The number of hydrogen-bond donors (Lipinski definition) is 1. The highest BCUT2D eigenvalue weighted by Gasteiger charge is 2.13. The van der Waals surface area contributed by atoms with E-state index in [0.717, 1.165) is 32.5 Å². The van der Waals surface area contributed by atoms with Crippen LogP contribution in [0.2, 0.25) is 0 Å². The molecule has 1 atom stereocenters. The topological polar surface area (TPSA) is 32.3 Å². The summed E-state index contributed by atoms with van der Waals surface area (Å²) in [4.78, 5) is 12.3. The van der Waals surface area contributed by atoms with Crippen LogP contribution in [0, 0.1) is 0 Å². The normalized spacial score (nSPS) is 27.7. The second-order valence-electron chi connectivity index (χ2n) is 2.75. The highest BCUT2D eigenvalue weighted by molar-refractivity contribution is 5.47. The number of nitrogens with zero attached hydrogens (tertiary/aromatic N) is 1. The zero-order valence-electron chi connectivity index (χ0n) is 6.34. The fourth-order valence-electron chi connectivity index (χ4n) is 1.19. The van der Waals surface area contributed by atoms with Crippen LogP contribution in [-0.4, -0.2) is 37.0 Å². The largest absolute Gasteiger partial charge is 0.341 e. The molecule has 1 aliphatic heterocycles. The average Bonchev–Trinajstić information content (AvgIpc) is 2.13. The smallest absolute Gasteiger partial charge is 0.209 e. The highest BCUT2D eigenvalue weighted by Crippen LogP contribution is 1.99. The van der Waals surface area contributed by atoms with E-state index in [1.807, 2.05) is 4.90 Å². The van der Waals surface area contributed by atoms with Crippen LogP contribution in [0.1, 0.15) is 13.3 Å². The van der Waals surface area contributed by atoms with Gasteiger partial charge in [0.2, 0.25) is 6.41 Å². The number of nitrogens with one attached hydrogen (secondary N) is 1. The summed E-state index contributed by atoms with van der Waals surface area (Å²) < 4.78 is 0. The van der Waals surface area contributed by atoms with E-state index < -0.39 is 0 Å². The van der Waals surface area contributed by atoms with E-state index in [-0.39, 0.29) is 0 Å². The van der Waals surface area contributed by atoms with Gasteiger partial charge in [0.1, 0.15) is 0 Å². The van der Waals surface area contributed by atoms with Gasteiger partial charge < -0.3 is 10.2 Å². The molecule has 0 spiro atoms. The van der Waals surface area contributed by atoms with Gasteiger partial charge in [-0.05, 0) is 19.9 Å². The molecule has 10 heavy (non-hydrogen) atoms. The lowest BCUT2D eigenvalue weighted by Crippen LogP contribution is -2.36. The maximum Gasteiger partial charge on any atom is 0.209 e. The molecule has 1 heterocycles. The van der Waals surface area contributed by atoms with Gasteiger partial charge in [-0.3, -0.25) is 4.79 Å². The first-order valence-electron chi connectivity index (χ1n) is 3.76. The van der Waals surface area contributed by atoms with E-state index in [1.165, 1.54) is 0 Å². The standard InChI is InChI=1S/C7H14N2O/c1-7-5-8-3-2-4-9(7)6-10/h6-8H,2-5H2,1H3. The lowest BCUT2D eigenvalue weighted by Gasteiger charge is -2.21. The van der Waals surface area contributed by atoms with Crippen LogP contribution in [0.25, 0.3) is 0 Å². The summed E-state index contributed by atoms with van der Waals surface area (Å²) in [5, 5.41) is 3.26. The van der Waals surface area contributed by atoms with Crippen LogP contribution in [0.15, 0.2) is 0 Å². The Kier molecular flexibility index (Phi) is 2.68. The van der Waals surface area contributed by atoms with Gasteiger partial charge >= 0.3 is 0 Å². The molecule has 0 aliphatic carbocycles. The molecular weight excluding hydrogens is 128 g/mol. The van der Waals surface area contributed by atoms with Crippen molar-refractivity contribution in [1.82, 2.24) is 10.2 Å². The van der Waals surface area contributed by atoms with E-state index in [0.29, 0.717) is 6.04 Å². The van der Waals surface area contributed by atoms with Crippen molar-refractivity contribution in [2.24, 2.45) is 0 Å². The quantitative estimate of drug-likeness (QED) is 0.515. The fraction of sp³-hybridized carbons (Fsp3) is 0.857. The Morgan fingerprint density at radius 1 is 1.70 bits per heavy atom. The van der Waals surface area contributed by atoms with Gasteiger partial charge in [0.25, 0.3) is 0 Å². The fourth-order valence-corrected chi connectivity index (χ4v) is 1.19. The molecule has 1 rings (SSSR count). The molecule has 3 nitrogen and oxygen atoms in total. The Balaban J connectivity index is 2.43. The molecule has 0 aromatic carbocycles. The van der Waals surface area contributed by atoms with Crippen molar-refractivity contribution in [1.29, 1.82) is 0 Å². The van der Waals surface area contributed by atoms with Gasteiger partial charge in [-0.1, -0.05) is 0 Å². The molecule has 1 fully saturated rings. The van der Waals surface area contributed by atoms with Crippen molar-refractivity contribution in [3.05, 3.63) is 0 Å². The number of carbonyl (C=O) groups excluding carboxylic acids is 1. The average molecular weight is 142 g/mol.